The lowest BCUT2D eigenvalue weighted by Gasteiger charge is -2.23. The number of nitrogens with one attached hydrogen (secondary N) is 2. The highest BCUT2D eigenvalue weighted by molar-refractivity contribution is 6.30. The molecule has 0 aliphatic carbocycles. The average molecular weight is 374 g/mol. The summed E-state index contributed by atoms with van der Waals surface area (Å²) in [5.74, 6) is -0.346. The second-order valence-electron chi connectivity index (χ2n) is 6.45. The summed E-state index contributed by atoms with van der Waals surface area (Å²) in [6.07, 6.45) is 0. The number of nitrogens with zero attached hydrogens (tertiary/aromatic N) is 1. The molecule has 0 saturated carbocycles. The van der Waals surface area contributed by atoms with Crippen LogP contribution in [0.1, 0.15) is 18.1 Å². The predicted molar refractivity (Wildman–Crippen MR) is 107 cm³/mol. The highest BCUT2D eigenvalue weighted by atomic mass is 35.5. The number of halogens is 1. The van der Waals surface area contributed by atoms with Crippen molar-refractivity contribution in [3.63, 3.8) is 0 Å². The van der Waals surface area contributed by atoms with Crippen LogP contribution in [0.2, 0.25) is 5.02 Å². The van der Waals surface area contributed by atoms with Crippen molar-refractivity contribution >= 4 is 34.8 Å². The van der Waals surface area contributed by atoms with E-state index in [9.17, 15) is 9.59 Å². The van der Waals surface area contributed by atoms with Gasteiger partial charge in [-0.3, -0.25) is 14.5 Å². The average Bonchev–Trinajstić information content (AvgIpc) is 2.59. The number of hydrogen-bond acceptors (Lipinski definition) is 3. The van der Waals surface area contributed by atoms with Gasteiger partial charge in [0.25, 0.3) is 0 Å². The third kappa shape index (κ3) is 5.58. The number of amides is 2. The molecule has 0 radical (unpaired) electrons. The fourth-order valence-corrected chi connectivity index (χ4v) is 2.53. The van der Waals surface area contributed by atoms with Crippen molar-refractivity contribution in [3.05, 3.63) is 58.6 Å². The lowest BCUT2D eigenvalue weighted by molar-refractivity contribution is -0.122. The number of carbonyl (C=O) groups excluding carboxylic acids is 2. The first-order chi connectivity index (χ1) is 12.3. The normalized spacial score (nSPS) is 11.9. The minimum Gasteiger partial charge on any atom is -0.325 e. The Labute approximate surface area is 159 Å². The van der Waals surface area contributed by atoms with Crippen LogP contribution in [0, 0.1) is 13.8 Å². The van der Waals surface area contributed by atoms with Gasteiger partial charge in [-0.05, 0) is 69.3 Å². The Morgan fingerprint density at radius 3 is 2.38 bits per heavy atom. The Hall–Kier alpha value is -2.37. The van der Waals surface area contributed by atoms with Crippen molar-refractivity contribution in [2.75, 3.05) is 24.2 Å². The molecular weight excluding hydrogens is 350 g/mol. The van der Waals surface area contributed by atoms with Crippen LogP contribution in [-0.4, -0.2) is 36.3 Å². The number of rotatable bonds is 6. The van der Waals surface area contributed by atoms with Crippen molar-refractivity contribution in [3.8, 4) is 0 Å². The summed E-state index contributed by atoms with van der Waals surface area (Å²) in [6.45, 7) is 5.80. The maximum atomic E-state index is 12.4. The van der Waals surface area contributed by atoms with Gasteiger partial charge in [-0.1, -0.05) is 23.7 Å². The molecular formula is C20H24ClN3O2. The first-order valence-electron chi connectivity index (χ1n) is 8.40. The first kappa shape index (κ1) is 19.9. The zero-order chi connectivity index (χ0) is 19.3. The van der Waals surface area contributed by atoms with E-state index >= 15 is 0 Å². The van der Waals surface area contributed by atoms with E-state index in [-0.39, 0.29) is 18.4 Å². The van der Waals surface area contributed by atoms with Gasteiger partial charge in [0.05, 0.1) is 12.6 Å². The Morgan fingerprint density at radius 2 is 1.73 bits per heavy atom. The van der Waals surface area contributed by atoms with Crippen molar-refractivity contribution in [1.29, 1.82) is 0 Å². The summed E-state index contributed by atoms with van der Waals surface area (Å²) >= 11 is 5.84. The fourth-order valence-electron chi connectivity index (χ4n) is 2.40. The second-order valence-corrected chi connectivity index (χ2v) is 6.89. The summed E-state index contributed by atoms with van der Waals surface area (Å²) in [4.78, 5) is 26.4. The van der Waals surface area contributed by atoms with Crippen molar-refractivity contribution in [2.24, 2.45) is 0 Å². The summed E-state index contributed by atoms with van der Waals surface area (Å²) < 4.78 is 0. The molecule has 0 aliphatic rings. The first-order valence-corrected chi connectivity index (χ1v) is 8.78. The number of likely N-dealkylation sites (N-methyl/N-ethyl adjacent to an activating group) is 1. The quantitative estimate of drug-likeness (QED) is 0.808. The van der Waals surface area contributed by atoms with Crippen molar-refractivity contribution < 1.29 is 9.59 Å². The minimum atomic E-state index is -0.463. The molecule has 2 rings (SSSR count). The second kappa shape index (κ2) is 8.83. The molecule has 0 spiro atoms. The lowest BCUT2D eigenvalue weighted by Crippen LogP contribution is -2.43. The van der Waals surface area contributed by atoms with Crippen molar-refractivity contribution in [2.45, 2.75) is 26.8 Å². The molecule has 138 valence electrons. The summed E-state index contributed by atoms with van der Waals surface area (Å²) in [5, 5.41) is 6.33. The van der Waals surface area contributed by atoms with Crippen molar-refractivity contribution in [1.82, 2.24) is 4.90 Å². The van der Waals surface area contributed by atoms with Crippen LogP contribution in [-0.2, 0) is 9.59 Å². The summed E-state index contributed by atoms with van der Waals surface area (Å²) in [6, 6.07) is 12.3. The Morgan fingerprint density at radius 1 is 1.08 bits per heavy atom. The number of hydrogen-bond donors (Lipinski definition) is 2. The molecule has 0 unspecified atom stereocenters. The Kier molecular flexibility index (Phi) is 6.77. The van der Waals surface area contributed by atoms with Crippen LogP contribution in [0.5, 0.6) is 0 Å². The zero-order valence-electron chi connectivity index (χ0n) is 15.5. The van der Waals surface area contributed by atoms with Gasteiger partial charge >= 0.3 is 0 Å². The molecule has 0 bridgehead atoms. The number of carbonyl (C=O) groups is 2. The smallest absolute Gasteiger partial charge is 0.241 e. The van der Waals surface area contributed by atoms with Crippen LogP contribution >= 0.6 is 11.6 Å². The van der Waals surface area contributed by atoms with E-state index in [1.807, 2.05) is 32.0 Å². The minimum absolute atomic E-state index is 0.114. The topological polar surface area (TPSA) is 61.4 Å². The molecule has 2 aromatic rings. The fraction of sp³-hybridized carbons (Fsp3) is 0.300. The van der Waals surface area contributed by atoms with E-state index < -0.39 is 6.04 Å². The lowest BCUT2D eigenvalue weighted by atomic mass is 10.1. The van der Waals surface area contributed by atoms with Gasteiger partial charge in [0.2, 0.25) is 11.8 Å². The SMILES string of the molecule is Cc1ccc(C)c(NC(=O)CN(C)[C@H](C)C(=O)Nc2ccc(Cl)cc2)c1. The number of aryl methyl sites for hydroxylation is 2. The van der Waals surface area contributed by atoms with E-state index in [4.69, 9.17) is 11.6 Å². The zero-order valence-corrected chi connectivity index (χ0v) is 16.2. The molecule has 1 atom stereocenters. The third-order valence-corrected chi connectivity index (χ3v) is 4.46. The Balaban J connectivity index is 1.91. The van der Waals surface area contributed by atoms with Crippen LogP contribution < -0.4 is 10.6 Å². The molecule has 26 heavy (non-hydrogen) atoms. The monoisotopic (exact) mass is 373 g/mol. The maximum absolute atomic E-state index is 12.4. The standard InChI is InChI=1S/C20H24ClN3O2/c1-13-5-6-14(2)18(11-13)23-19(25)12-24(4)15(3)20(26)22-17-9-7-16(21)8-10-17/h5-11,15H,12H2,1-4H3,(H,22,26)(H,23,25)/t15-/m1/s1. The largest absolute Gasteiger partial charge is 0.325 e. The van der Waals surface area contributed by atoms with Gasteiger partial charge < -0.3 is 10.6 Å². The van der Waals surface area contributed by atoms with E-state index in [0.717, 1.165) is 16.8 Å². The highest BCUT2D eigenvalue weighted by Crippen LogP contribution is 2.17. The van der Waals surface area contributed by atoms with Gasteiger partial charge in [-0.2, -0.15) is 0 Å². The molecule has 2 amide bonds. The highest BCUT2D eigenvalue weighted by Gasteiger charge is 2.20. The van der Waals surface area contributed by atoms with Crippen LogP contribution in [0.4, 0.5) is 11.4 Å². The molecule has 5 nitrogen and oxygen atoms in total. The molecule has 2 aromatic carbocycles. The van der Waals surface area contributed by atoms with Crippen LogP contribution in [0.3, 0.4) is 0 Å². The summed E-state index contributed by atoms with van der Waals surface area (Å²) in [5.41, 5.74) is 3.54. The van der Waals surface area contributed by atoms with E-state index in [0.29, 0.717) is 10.7 Å². The van der Waals surface area contributed by atoms with E-state index in [2.05, 4.69) is 10.6 Å². The molecule has 0 fully saturated rings. The Bertz CT molecular complexity index is 790. The molecule has 0 heterocycles. The van der Waals surface area contributed by atoms with Gasteiger partial charge in [-0.15, -0.1) is 0 Å². The molecule has 0 aliphatic heterocycles. The number of anilines is 2. The third-order valence-electron chi connectivity index (χ3n) is 4.21. The van der Waals surface area contributed by atoms with E-state index in [1.165, 1.54) is 0 Å². The van der Waals surface area contributed by atoms with E-state index in [1.54, 1.807) is 43.1 Å². The van der Waals surface area contributed by atoms with Gasteiger partial charge in [0.1, 0.15) is 0 Å². The van der Waals surface area contributed by atoms with Gasteiger partial charge in [0.15, 0.2) is 0 Å². The van der Waals surface area contributed by atoms with Gasteiger partial charge in [0, 0.05) is 16.4 Å². The maximum Gasteiger partial charge on any atom is 0.241 e. The summed E-state index contributed by atoms with van der Waals surface area (Å²) in [7, 11) is 1.74. The van der Waals surface area contributed by atoms with Gasteiger partial charge in [-0.25, -0.2) is 0 Å². The predicted octanol–water partition coefficient (Wildman–Crippen LogP) is 3.85. The van der Waals surface area contributed by atoms with Crippen LogP contribution in [0.15, 0.2) is 42.5 Å². The molecule has 0 saturated heterocycles. The molecule has 2 N–H and O–H groups in total. The molecule has 6 heteroatoms. The molecule has 0 aromatic heterocycles. The number of benzene rings is 2. The van der Waals surface area contributed by atoms with Crippen LogP contribution in [0.25, 0.3) is 0 Å².